The minimum absolute atomic E-state index is 0.00864. The first kappa shape index (κ1) is 17.0. The number of hydrogen-bond donors (Lipinski definition) is 2. The molecule has 0 saturated carbocycles. The van der Waals surface area contributed by atoms with Crippen molar-refractivity contribution in [3.63, 3.8) is 0 Å². The standard InChI is InChI=1S/C16H25ClN2O/c1-4-5-13(10-18)16(20)19-15(11(2)3)12-6-8-14(17)9-7-12/h6-9,11,13,15H,4-5,10,18H2,1-3H3,(H,19,20). The molecule has 0 saturated heterocycles. The van der Waals surface area contributed by atoms with Gasteiger partial charge >= 0.3 is 0 Å². The molecular formula is C16H25ClN2O. The fourth-order valence-electron chi connectivity index (χ4n) is 2.28. The summed E-state index contributed by atoms with van der Waals surface area (Å²) >= 11 is 5.91. The van der Waals surface area contributed by atoms with E-state index in [0.29, 0.717) is 17.5 Å². The lowest BCUT2D eigenvalue weighted by molar-refractivity contribution is -0.126. The van der Waals surface area contributed by atoms with Gasteiger partial charge in [-0.05, 0) is 30.0 Å². The number of rotatable bonds is 7. The molecule has 0 bridgehead atoms. The third kappa shape index (κ3) is 4.80. The fraction of sp³-hybridized carbons (Fsp3) is 0.562. The Bertz CT molecular complexity index is 417. The highest BCUT2D eigenvalue weighted by Crippen LogP contribution is 2.24. The van der Waals surface area contributed by atoms with Crippen molar-refractivity contribution in [1.29, 1.82) is 0 Å². The van der Waals surface area contributed by atoms with Crippen molar-refractivity contribution in [3.05, 3.63) is 34.9 Å². The van der Waals surface area contributed by atoms with Crippen molar-refractivity contribution in [2.24, 2.45) is 17.6 Å². The Morgan fingerprint density at radius 3 is 2.35 bits per heavy atom. The summed E-state index contributed by atoms with van der Waals surface area (Å²) in [4.78, 5) is 12.3. The molecule has 0 radical (unpaired) electrons. The van der Waals surface area contributed by atoms with E-state index in [4.69, 9.17) is 17.3 Å². The van der Waals surface area contributed by atoms with Crippen molar-refractivity contribution >= 4 is 17.5 Å². The predicted octanol–water partition coefficient (Wildman–Crippen LogP) is 3.53. The normalized spacial score (nSPS) is 14.1. The summed E-state index contributed by atoms with van der Waals surface area (Å²) in [6.45, 7) is 6.65. The van der Waals surface area contributed by atoms with Gasteiger partial charge in [0, 0.05) is 11.6 Å². The van der Waals surface area contributed by atoms with Gasteiger partial charge in [0.25, 0.3) is 0 Å². The molecule has 0 aliphatic rings. The minimum Gasteiger partial charge on any atom is -0.349 e. The van der Waals surface area contributed by atoms with Crippen LogP contribution in [0.4, 0.5) is 0 Å². The molecule has 1 amide bonds. The van der Waals surface area contributed by atoms with E-state index in [2.05, 4.69) is 26.1 Å². The Hall–Kier alpha value is -1.06. The van der Waals surface area contributed by atoms with Crippen LogP contribution < -0.4 is 11.1 Å². The van der Waals surface area contributed by atoms with Crippen molar-refractivity contribution < 1.29 is 4.79 Å². The first-order valence-corrected chi connectivity index (χ1v) is 7.63. The molecule has 4 heteroatoms. The van der Waals surface area contributed by atoms with Gasteiger partial charge in [0.2, 0.25) is 5.91 Å². The number of carbonyl (C=O) groups is 1. The molecule has 1 aromatic carbocycles. The van der Waals surface area contributed by atoms with E-state index < -0.39 is 0 Å². The summed E-state index contributed by atoms with van der Waals surface area (Å²) in [5.74, 6) is 0.247. The zero-order valence-corrected chi connectivity index (χ0v) is 13.3. The second-order valence-corrected chi connectivity index (χ2v) is 5.94. The van der Waals surface area contributed by atoms with Gasteiger partial charge in [-0.15, -0.1) is 0 Å². The topological polar surface area (TPSA) is 55.1 Å². The summed E-state index contributed by atoms with van der Waals surface area (Å²) in [5, 5.41) is 3.83. The molecule has 20 heavy (non-hydrogen) atoms. The quantitative estimate of drug-likeness (QED) is 0.809. The van der Waals surface area contributed by atoms with Crippen LogP contribution in [-0.4, -0.2) is 12.5 Å². The number of nitrogens with two attached hydrogens (primary N) is 1. The fourth-order valence-corrected chi connectivity index (χ4v) is 2.41. The van der Waals surface area contributed by atoms with E-state index in [1.807, 2.05) is 24.3 Å². The Kier molecular flexibility index (Phi) is 7.03. The van der Waals surface area contributed by atoms with Crippen molar-refractivity contribution in [1.82, 2.24) is 5.32 Å². The number of nitrogens with one attached hydrogen (secondary N) is 1. The molecule has 1 rings (SSSR count). The lowest BCUT2D eigenvalue weighted by atomic mass is 9.94. The SMILES string of the molecule is CCCC(CN)C(=O)NC(c1ccc(Cl)cc1)C(C)C. The van der Waals surface area contributed by atoms with Gasteiger partial charge in [0.1, 0.15) is 0 Å². The Morgan fingerprint density at radius 1 is 1.30 bits per heavy atom. The van der Waals surface area contributed by atoms with E-state index in [1.54, 1.807) is 0 Å². The average Bonchev–Trinajstić information content (AvgIpc) is 2.42. The second kappa shape index (κ2) is 8.28. The smallest absolute Gasteiger partial charge is 0.224 e. The number of hydrogen-bond acceptors (Lipinski definition) is 2. The Balaban J connectivity index is 2.82. The zero-order valence-electron chi connectivity index (χ0n) is 12.5. The summed E-state index contributed by atoms with van der Waals surface area (Å²) < 4.78 is 0. The van der Waals surface area contributed by atoms with Gasteiger partial charge < -0.3 is 11.1 Å². The largest absolute Gasteiger partial charge is 0.349 e. The van der Waals surface area contributed by atoms with Crippen LogP contribution >= 0.6 is 11.6 Å². The van der Waals surface area contributed by atoms with E-state index in [1.165, 1.54) is 0 Å². The molecule has 0 heterocycles. The van der Waals surface area contributed by atoms with Crippen molar-refractivity contribution in [2.75, 3.05) is 6.54 Å². The lowest BCUT2D eigenvalue weighted by Gasteiger charge is -2.25. The molecule has 0 spiro atoms. The molecular weight excluding hydrogens is 272 g/mol. The first-order valence-electron chi connectivity index (χ1n) is 7.25. The molecule has 1 aromatic rings. The summed E-state index contributed by atoms with van der Waals surface area (Å²) in [5.41, 5.74) is 6.77. The van der Waals surface area contributed by atoms with Gasteiger partial charge in [-0.3, -0.25) is 4.79 Å². The summed E-state index contributed by atoms with van der Waals surface area (Å²) in [7, 11) is 0. The van der Waals surface area contributed by atoms with Crippen LogP contribution in [0.3, 0.4) is 0 Å². The third-order valence-electron chi connectivity index (χ3n) is 3.49. The van der Waals surface area contributed by atoms with E-state index in [-0.39, 0.29) is 17.9 Å². The molecule has 2 atom stereocenters. The molecule has 2 unspecified atom stereocenters. The van der Waals surface area contributed by atoms with Gasteiger partial charge in [-0.2, -0.15) is 0 Å². The molecule has 0 fully saturated rings. The minimum atomic E-state index is -0.103. The zero-order chi connectivity index (χ0) is 15.1. The van der Waals surface area contributed by atoms with Crippen LogP contribution in [-0.2, 0) is 4.79 Å². The third-order valence-corrected chi connectivity index (χ3v) is 3.74. The molecule has 3 N–H and O–H groups in total. The molecule has 0 aliphatic heterocycles. The second-order valence-electron chi connectivity index (χ2n) is 5.50. The maximum Gasteiger partial charge on any atom is 0.224 e. The summed E-state index contributed by atoms with van der Waals surface area (Å²) in [6.07, 6.45) is 1.79. The van der Waals surface area contributed by atoms with Crippen LogP contribution in [0.25, 0.3) is 0 Å². The maximum absolute atomic E-state index is 12.3. The number of benzene rings is 1. The van der Waals surface area contributed by atoms with Crippen LogP contribution in [0.15, 0.2) is 24.3 Å². The van der Waals surface area contributed by atoms with Gasteiger partial charge in [0.15, 0.2) is 0 Å². The summed E-state index contributed by atoms with van der Waals surface area (Å²) in [6, 6.07) is 7.62. The average molecular weight is 297 g/mol. The first-order chi connectivity index (χ1) is 9.49. The van der Waals surface area contributed by atoms with E-state index >= 15 is 0 Å². The lowest BCUT2D eigenvalue weighted by Crippen LogP contribution is -2.39. The predicted molar refractivity (Wildman–Crippen MR) is 84.6 cm³/mol. The van der Waals surface area contributed by atoms with E-state index in [9.17, 15) is 4.79 Å². The number of carbonyl (C=O) groups excluding carboxylic acids is 1. The van der Waals surface area contributed by atoms with Gasteiger partial charge in [-0.1, -0.05) is 50.9 Å². The Labute approximate surface area is 126 Å². The molecule has 0 aliphatic carbocycles. The number of halogens is 1. The highest BCUT2D eigenvalue weighted by atomic mass is 35.5. The van der Waals surface area contributed by atoms with Crippen molar-refractivity contribution in [3.8, 4) is 0 Å². The molecule has 0 aromatic heterocycles. The Morgan fingerprint density at radius 2 is 1.90 bits per heavy atom. The number of amides is 1. The van der Waals surface area contributed by atoms with Crippen LogP contribution in [0.5, 0.6) is 0 Å². The van der Waals surface area contributed by atoms with Crippen LogP contribution in [0, 0.1) is 11.8 Å². The highest BCUT2D eigenvalue weighted by Gasteiger charge is 2.22. The van der Waals surface area contributed by atoms with E-state index in [0.717, 1.165) is 18.4 Å². The monoisotopic (exact) mass is 296 g/mol. The molecule has 3 nitrogen and oxygen atoms in total. The van der Waals surface area contributed by atoms with Crippen LogP contribution in [0.2, 0.25) is 5.02 Å². The van der Waals surface area contributed by atoms with Crippen molar-refractivity contribution in [2.45, 2.75) is 39.7 Å². The van der Waals surface area contributed by atoms with Crippen LogP contribution in [0.1, 0.15) is 45.2 Å². The molecule has 112 valence electrons. The maximum atomic E-state index is 12.3. The van der Waals surface area contributed by atoms with Gasteiger partial charge in [0.05, 0.1) is 12.0 Å². The van der Waals surface area contributed by atoms with Gasteiger partial charge in [-0.25, -0.2) is 0 Å². The highest BCUT2D eigenvalue weighted by molar-refractivity contribution is 6.30.